The van der Waals surface area contributed by atoms with Gasteiger partial charge in [-0.1, -0.05) is 11.6 Å². The van der Waals surface area contributed by atoms with E-state index in [9.17, 15) is 18.0 Å². The third-order valence-electron chi connectivity index (χ3n) is 2.18. The van der Waals surface area contributed by atoms with E-state index >= 15 is 0 Å². The van der Waals surface area contributed by atoms with Crippen LogP contribution < -0.4 is 4.74 Å². The van der Waals surface area contributed by atoms with E-state index in [-0.39, 0.29) is 17.7 Å². The van der Waals surface area contributed by atoms with Crippen molar-refractivity contribution < 1.29 is 27.4 Å². The van der Waals surface area contributed by atoms with Crippen molar-refractivity contribution in [3.05, 3.63) is 28.3 Å². The first-order valence-electron chi connectivity index (χ1n) is 5.41. The van der Waals surface area contributed by atoms with Gasteiger partial charge in [-0.15, -0.1) is 13.2 Å². The molecule has 1 aromatic rings. The molecular weight excluding hydrogens is 299 g/mol. The molecule has 0 unspecified atom stereocenters. The van der Waals surface area contributed by atoms with Gasteiger partial charge in [-0.05, 0) is 19.1 Å². The number of halogens is 4. The van der Waals surface area contributed by atoms with Gasteiger partial charge >= 0.3 is 12.3 Å². The van der Waals surface area contributed by atoms with Crippen molar-refractivity contribution in [1.29, 1.82) is 5.26 Å². The zero-order chi connectivity index (χ0) is 15.3. The lowest BCUT2D eigenvalue weighted by Crippen LogP contribution is -2.18. The number of alkyl halides is 3. The highest BCUT2D eigenvalue weighted by Gasteiger charge is 2.33. The Morgan fingerprint density at radius 2 is 2.10 bits per heavy atom. The predicted octanol–water partition coefficient (Wildman–Crippen LogP) is 3.22. The summed E-state index contributed by atoms with van der Waals surface area (Å²) < 4.78 is 44.9. The number of carbonyl (C=O) groups excluding carboxylic acids is 1. The van der Waals surface area contributed by atoms with Crippen LogP contribution in [0, 0.1) is 11.3 Å². The molecule has 0 saturated heterocycles. The maximum Gasteiger partial charge on any atom is 0.573 e. The third-order valence-corrected chi connectivity index (χ3v) is 2.59. The largest absolute Gasteiger partial charge is 0.573 e. The van der Waals surface area contributed by atoms with Crippen LogP contribution in [0.4, 0.5) is 13.2 Å². The maximum absolute atomic E-state index is 12.2. The number of ether oxygens (including phenoxy) is 2. The van der Waals surface area contributed by atoms with Gasteiger partial charge in [0.15, 0.2) is 0 Å². The van der Waals surface area contributed by atoms with Crippen molar-refractivity contribution >= 4 is 17.6 Å². The molecule has 0 aliphatic rings. The smallest absolute Gasteiger partial charge is 0.466 e. The molecule has 8 heteroatoms. The summed E-state index contributed by atoms with van der Waals surface area (Å²) >= 11 is 5.76. The molecule has 0 heterocycles. The van der Waals surface area contributed by atoms with Gasteiger partial charge < -0.3 is 9.47 Å². The summed E-state index contributed by atoms with van der Waals surface area (Å²) in [6, 6.07) is 3.76. The van der Waals surface area contributed by atoms with E-state index in [1.54, 1.807) is 13.0 Å². The zero-order valence-corrected chi connectivity index (χ0v) is 11.0. The first-order chi connectivity index (χ1) is 9.28. The van der Waals surface area contributed by atoms with Gasteiger partial charge in [-0.3, -0.25) is 4.79 Å². The molecule has 0 N–H and O–H groups in total. The highest BCUT2D eigenvalue weighted by molar-refractivity contribution is 6.33. The minimum absolute atomic E-state index is 0.0161. The first kappa shape index (κ1) is 16.1. The molecule has 0 aliphatic heterocycles. The van der Waals surface area contributed by atoms with Gasteiger partial charge in [0.25, 0.3) is 0 Å². The monoisotopic (exact) mass is 307 g/mol. The van der Waals surface area contributed by atoms with E-state index in [1.165, 1.54) is 0 Å². The van der Waals surface area contributed by atoms with Crippen LogP contribution in [-0.2, 0) is 16.0 Å². The van der Waals surface area contributed by atoms with Gasteiger partial charge in [0.2, 0.25) is 0 Å². The van der Waals surface area contributed by atoms with Gasteiger partial charge in [-0.2, -0.15) is 5.26 Å². The number of rotatable bonds is 4. The lowest BCUT2D eigenvalue weighted by Gasteiger charge is -2.13. The Morgan fingerprint density at radius 1 is 1.45 bits per heavy atom. The lowest BCUT2D eigenvalue weighted by molar-refractivity contribution is -0.274. The molecule has 0 aromatic heterocycles. The highest BCUT2D eigenvalue weighted by atomic mass is 35.5. The van der Waals surface area contributed by atoms with Crippen LogP contribution in [0.15, 0.2) is 12.1 Å². The Morgan fingerprint density at radius 3 is 2.60 bits per heavy atom. The van der Waals surface area contributed by atoms with Crippen LogP contribution in [0.25, 0.3) is 0 Å². The fourth-order valence-electron chi connectivity index (χ4n) is 1.44. The molecule has 0 spiro atoms. The van der Waals surface area contributed by atoms with Crippen molar-refractivity contribution in [3.63, 3.8) is 0 Å². The van der Waals surface area contributed by atoms with Crippen molar-refractivity contribution in [2.24, 2.45) is 0 Å². The first-order valence-corrected chi connectivity index (χ1v) is 5.79. The molecule has 0 amide bonds. The molecule has 0 atom stereocenters. The highest BCUT2D eigenvalue weighted by Crippen LogP contribution is 2.34. The number of benzene rings is 1. The second kappa shape index (κ2) is 6.48. The number of carbonyl (C=O) groups is 1. The summed E-state index contributed by atoms with van der Waals surface area (Å²) in [7, 11) is 0. The van der Waals surface area contributed by atoms with E-state index in [1.807, 2.05) is 0 Å². The number of nitrogens with zero attached hydrogens (tertiary/aromatic N) is 1. The average molecular weight is 308 g/mol. The lowest BCUT2D eigenvalue weighted by atomic mass is 10.0. The predicted molar refractivity (Wildman–Crippen MR) is 63.2 cm³/mol. The fraction of sp³-hybridized carbons (Fsp3) is 0.333. The normalized spacial score (nSPS) is 10.8. The van der Waals surface area contributed by atoms with Crippen LogP contribution in [-0.4, -0.2) is 18.9 Å². The van der Waals surface area contributed by atoms with Crippen molar-refractivity contribution in [2.45, 2.75) is 19.7 Å². The topological polar surface area (TPSA) is 59.3 Å². The van der Waals surface area contributed by atoms with Gasteiger partial charge in [0.05, 0.1) is 29.7 Å². The molecule has 1 aromatic carbocycles. The van der Waals surface area contributed by atoms with E-state index in [4.69, 9.17) is 16.9 Å². The molecule has 20 heavy (non-hydrogen) atoms. The second-order valence-electron chi connectivity index (χ2n) is 3.55. The summed E-state index contributed by atoms with van der Waals surface area (Å²) in [5, 5.41) is 8.45. The Balaban J connectivity index is 3.16. The zero-order valence-electron chi connectivity index (χ0n) is 10.3. The molecule has 4 nitrogen and oxygen atoms in total. The SMILES string of the molecule is CCOC(=O)Cc1c(C#N)ccc(OC(F)(F)F)c1Cl. The summed E-state index contributed by atoms with van der Waals surface area (Å²) in [4.78, 5) is 11.4. The quantitative estimate of drug-likeness (QED) is 0.801. The maximum atomic E-state index is 12.2. The van der Waals surface area contributed by atoms with Gasteiger partial charge in [-0.25, -0.2) is 0 Å². The van der Waals surface area contributed by atoms with Gasteiger partial charge in [0, 0.05) is 5.56 Å². The molecule has 108 valence electrons. The summed E-state index contributed by atoms with van der Waals surface area (Å²) in [6.07, 6.45) is -5.33. The molecule has 1 rings (SSSR count). The van der Waals surface area contributed by atoms with Crippen LogP contribution in [0.2, 0.25) is 5.02 Å². The Kier molecular flexibility index (Phi) is 5.22. The van der Waals surface area contributed by atoms with E-state index in [0.29, 0.717) is 0 Å². The number of nitriles is 1. The number of esters is 1. The molecular formula is C12H9ClF3NO3. The van der Waals surface area contributed by atoms with Crippen LogP contribution in [0.5, 0.6) is 5.75 Å². The molecule has 0 aliphatic carbocycles. The second-order valence-corrected chi connectivity index (χ2v) is 3.92. The summed E-state index contributed by atoms with van der Waals surface area (Å²) in [5.41, 5.74) is -0.0769. The van der Waals surface area contributed by atoms with Crippen molar-refractivity contribution in [1.82, 2.24) is 0 Å². The molecule has 0 bridgehead atoms. The minimum atomic E-state index is -4.92. The van der Waals surface area contributed by atoms with E-state index in [2.05, 4.69) is 9.47 Å². The van der Waals surface area contributed by atoms with Crippen LogP contribution in [0.3, 0.4) is 0 Å². The fourth-order valence-corrected chi connectivity index (χ4v) is 1.71. The van der Waals surface area contributed by atoms with Crippen molar-refractivity contribution in [2.75, 3.05) is 6.61 Å². The third kappa shape index (κ3) is 4.31. The molecule has 0 fully saturated rings. The van der Waals surface area contributed by atoms with Gasteiger partial charge in [0.1, 0.15) is 5.75 Å². The van der Waals surface area contributed by atoms with Crippen LogP contribution in [0.1, 0.15) is 18.1 Å². The Labute approximate surface area is 117 Å². The molecule has 0 radical (unpaired) electrons. The Hall–Kier alpha value is -1.94. The van der Waals surface area contributed by atoms with Crippen molar-refractivity contribution in [3.8, 4) is 11.8 Å². The number of hydrogen-bond donors (Lipinski definition) is 0. The van der Waals surface area contributed by atoms with Crippen LogP contribution >= 0.6 is 11.6 Å². The molecule has 0 saturated carbocycles. The van der Waals surface area contributed by atoms with E-state index < -0.39 is 29.5 Å². The standard InChI is InChI=1S/C12H9ClF3NO3/c1-2-19-10(18)5-8-7(6-17)3-4-9(11(8)13)20-12(14,15)16/h3-4H,2,5H2,1H3. The summed E-state index contributed by atoms with van der Waals surface area (Å²) in [5.74, 6) is -1.37. The summed E-state index contributed by atoms with van der Waals surface area (Å²) in [6.45, 7) is 1.69. The number of hydrogen-bond acceptors (Lipinski definition) is 4. The minimum Gasteiger partial charge on any atom is -0.466 e. The average Bonchev–Trinajstić information content (AvgIpc) is 2.33. The van der Waals surface area contributed by atoms with E-state index in [0.717, 1.165) is 12.1 Å². The Bertz CT molecular complexity index is 552.